The first-order valence-corrected chi connectivity index (χ1v) is 14.1. The van der Waals surface area contributed by atoms with Crippen LogP contribution in [0, 0.1) is 31.1 Å². The molecule has 4 rings (SSSR count). The van der Waals surface area contributed by atoms with Crippen LogP contribution in [0.1, 0.15) is 67.3 Å². The summed E-state index contributed by atoms with van der Waals surface area (Å²) in [4.78, 5) is 12.8. The van der Waals surface area contributed by atoms with E-state index in [4.69, 9.17) is 4.42 Å². The van der Waals surface area contributed by atoms with Gasteiger partial charge in [-0.2, -0.15) is 5.26 Å². The molecule has 1 aliphatic carbocycles. The molecule has 33 heavy (non-hydrogen) atoms. The maximum Gasteiger partial charge on any atom is 0.277 e. The zero-order chi connectivity index (χ0) is 23.6. The average molecular weight is 492 g/mol. The van der Waals surface area contributed by atoms with Crippen LogP contribution in [0.25, 0.3) is 0 Å². The Bertz CT molecular complexity index is 1170. The van der Waals surface area contributed by atoms with Gasteiger partial charge in [0.05, 0.1) is 22.8 Å². The van der Waals surface area contributed by atoms with Crippen molar-refractivity contribution in [1.82, 2.24) is 14.8 Å². The highest BCUT2D eigenvalue weighted by molar-refractivity contribution is 7.99. The summed E-state index contributed by atoms with van der Waals surface area (Å²) in [6, 6.07) is 2.55. The van der Waals surface area contributed by atoms with Crippen LogP contribution in [0.5, 0.6) is 0 Å². The number of thioether (sulfide) groups is 1. The third-order valence-electron chi connectivity index (χ3n) is 6.63. The number of anilines is 1. The van der Waals surface area contributed by atoms with Crippen LogP contribution in [-0.2, 0) is 21.1 Å². The number of rotatable bonds is 7. The van der Waals surface area contributed by atoms with E-state index in [0.29, 0.717) is 36.2 Å². The molecule has 1 saturated carbocycles. The Kier molecular flexibility index (Phi) is 7.14. The van der Waals surface area contributed by atoms with Crippen molar-refractivity contribution in [2.45, 2.75) is 70.1 Å². The van der Waals surface area contributed by atoms with Crippen molar-refractivity contribution in [3.63, 3.8) is 0 Å². The number of sulfone groups is 1. The highest BCUT2D eigenvalue weighted by Gasteiger charge is 2.29. The lowest BCUT2D eigenvalue weighted by molar-refractivity contribution is -0.113. The molecule has 0 bridgehead atoms. The number of aromatic nitrogens is 3. The van der Waals surface area contributed by atoms with E-state index >= 15 is 0 Å². The van der Waals surface area contributed by atoms with Crippen LogP contribution >= 0.6 is 11.8 Å². The van der Waals surface area contributed by atoms with Gasteiger partial charge in [-0.15, -0.1) is 10.2 Å². The molecule has 0 radical (unpaired) electrons. The first kappa shape index (κ1) is 23.8. The molecule has 1 amide bonds. The number of carbonyl (C=O) groups is 1. The summed E-state index contributed by atoms with van der Waals surface area (Å²) in [7, 11) is -2.95. The van der Waals surface area contributed by atoms with Crippen molar-refractivity contribution in [3.05, 3.63) is 22.7 Å². The van der Waals surface area contributed by atoms with E-state index < -0.39 is 9.84 Å². The molecule has 1 N–H and O–H groups in total. The van der Waals surface area contributed by atoms with Crippen LogP contribution in [0.3, 0.4) is 0 Å². The lowest BCUT2D eigenvalue weighted by atomic mass is 9.95. The SMILES string of the molecule is Cc1c(C#N)c(NC(=O)CSc2nnc(C[C@H]3CCS(=O)(=O)C3)o2)n(C2CCCCC2)c1C. The molecule has 0 unspecified atom stereocenters. The molecule has 2 aliphatic rings. The van der Waals surface area contributed by atoms with Gasteiger partial charge in [0, 0.05) is 18.2 Å². The van der Waals surface area contributed by atoms with Gasteiger partial charge in [0.15, 0.2) is 9.84 Å². The second-order valence-electron chi connectivity index (χ2n) is 8.98. The molecule has 0 spiro atoms. The molecule has 1 atom stereocenters. The van der Waals surface area contributed by atoms with E-state index in [1.165, 1.54) is 6.42 Å². The van der Waals surface area contributed by atoms with Crippen LogP contribution in [0.15, 0.2) is 9.64 Å². The second-order valence-corrected chi connectivity index (χ2v) is 12.1. The number of hydrogen-bond acceptors (Lipinski definition) is 8. The summed E-state index contributed by atoms with van der Waals surface area (Å²) in [6.07, 6.45) is 6.66. The van der Waals surface area contributed by atoms with Crippen molar-refractivity contribution < 1.29 is 17.6 Å². The Labute approximate surface area is 198 Å². The zero-order valence-corrected chi connectivity index (χ0v) is 20.6. The maximum absolute atomic E-state index is 12.8. The van der Waals surface area contributed by atoms with Gasteiger partial charge < -0.3 is 14.3 Å². The van der Waals surface area contributed by atoms with Crippen molar-refractivity contribution in [1.29, 1.82) is 5.26 Å². The lowest BCUT2D eigenvalue weighted by Gasteiger charge is -2.27. The number of amides is 1. The molecule has 11 heteroatoms. The molecule has 0 aromatic carbocycles. The molecule has 2 aromatic heterocycles. The molecular formula is C22H29N5O4S2. The summed E-state index contributed by atoms with van der Waals surface area (Å²) in [6.45, 7) is 3.93. The van der Waals surface area contributed by atoms with Crippen LogP contribution < -0.4 is 5.32 Å². The van der Waals surface area contributed by atoms with Gasteiger partial charge in [0.1, 0.15) is 11.9 Å². The Morgan fingerprint density at radius 1 is 1.24 bits per heavy atom. The number of carbonyl (C=O) groups excluding carboxylic acids is 1. The lowest BCUT2D eigenvalue weighted by Crippen LogP contribution is -2.21. The predicted octanol–water partition coefficient (Wildman–Crippen LogP) is 3.57. The van der Waals surface area contributed by atoms with Gasteiger partial charge in [-0.1, -0.05) is 31.0 Å². The minimum atomic E-state index is -2.95. The highest BCUT2D eigenvalue weighted by Crippen LogP contribution is 2.37. The fourth-order valence-electron chi connectivity index (χ4n) is 4.84. The van der Waals surface area contributed by atoms with Crippen molar-refractivity contribution >= 4 is 33.3 Å². The molecular weight excluding hydrogens is 462 g/mol. The molecule has 178 valence electrons. The monoisotopic (exact) mass is 491 g/mol. The predicted molar refractivity (Wildman–Crippen MR) is 125 cm³/mol. The van der Waals surface area contributed by atoms with Gasteiger partial charge in [-0.05, 0) is 44.6 Å². The number of nitrogens with one attached hydrogen (secondary N) is 1. The molecule has 2 fully saturated rings. The second kappa shape index (κ2) is 9.89. The third kappa shape index (κ3) is 5.44. The van der Waals surface area contributed by atoms with Crippen molar-refractivity contribution in [3.8, 4) is 6.07 Å². The van der Waals surface area contributed by atoms with Gasteiger partial charge in [-0.25, -0.2) is 8.42 Å². The molecule has 1 saturated heterocycles. The third-order valence-corrected chi connectivity index (χ3v) is 9.29. The summed E-state index contributed by atoms with van der Waals surface area (Å²) in [5, 5.41) is 20.9. The minimum Gasteiger partial charge on any atom is -0.416 e. The van der Waals surface area contributed by atoms with Crippen LogP contribution in [-0.4, -0.2) is 46.3 Å². The average Bonchev–Trinajstić information content (AvgIpc) is 3.44. The van der Waals surface area contributed by atoms with E-state index in [2.05, 4.69) is 26.2 Å². The van der Waals surface area contributed by atoms with Crippen LogP contribution in [0.2, 0.25) is 0 Å². The van der Waals surface area contributed by atoms with E-state index in [-0.39, 0.29) is 34.3 Å². The van der Waals surface area contributed by atoms with Gasteiger partial charge >= 0.3 is 0 Å². The topological polar surface area (TPSA) is 131 Å². The van der Waals surface area contributed by atoms with E-state index in [0.717, 1.165) is 48.7 Å². The first-order valence-electron chi connectivity index (χ1n) is 11.3. The zero-order valence-electron chi connectivity index (χ0n) is 19.0. The van der Waals surface area contributed by atoms with Gasteiger partial charge in [0.25, 0.3) is 5.22 Å². The van der Waals surface area contributed by atoms with Gasteiger partial charge in [0.2, 0.25) is 11.8 Å². The van der Waals surface area contributed by atoms with Crippen LogP contribution in [0.4, 0.5) is 5.82 Å². The molecule has 9 nitrogen and oxygen atoms in total. The normalized spacial score (nSPS) is 20.6. The van der Waals surface area contributed by atoms with E-state index in [1.54, 1.807) is 0 Å². The van der Waals surface area contributed by atoms with Gasteiger partial charge in [-0.3, -0.25) is 4.79 Å². The highest BCUT2D eigenvalue weighted by atomic mass is 32.2. The van der Waals surface area contributed by atoms with Crippen molar-refractivity contribution in [2.24, 2.45) is 5.92 Å². The number of nitriles is 1. The molecule has 1 aliphatic heterocycles. The summed E-state index contributed by atoms with van der Waals surface area (Å²) in [5.41, 5.74) is 2.45. The standard InChI is InChI=1S/C22H29N5O4S2/c1-14-15(2)27(17-6-4-3-5-7-17)21(18(14)11-23)24-19(28)12-32-22-26-25-20(31-22)10-16-8-9-33(29,30)13-16/h16-17H,3-10,12-13H2,1-2H3,(H,24,28)/t16-/m1/s1. The Morgan fingerprint density at radius 3 is 2.67 bits per heavy atom. The smallest absolute Gasteiger partial charge is 0.277 e. The first-order chi connectivity index (χ1) is 15.8. The number of nitrogens with zero attached hydrogens (tertiary/aromatic N) is 4. The Morgan fingerprint density at radius 2 is 2.00 bits per heavy atom. The van der Waals surface area contributed by atoms with E-state index in [9.17, 15) is 18.5 Å². The molecule has 3 heterocycles. The fourth-order valence-corrected chi connectivity index (χ4v) is 7.28. The minimum absolute atomic E-state index is 0.0000506. The fraction of sp³-hybridized carbons (Fsp3) is 0.636. The quantitative estimate of drug-likeness (QED) is 0.582. The summed E-state index contributed by atoms with van der Waals surface area (Å²) >= 11 is 1.13. The summed E-state index contributed by atoms with van der Waals surface area (Å²) < 4.78 is 31.0. The largest absolute Gasteiger partial charge is 0.416 e. The molecule has 2 aromatic rings. The maximum atomic E-state index is 12.8. The summed E-state index contributed by atoms with van der Waals surface area (Å²) in [5.74, 6) is 1.16. The van der Waals surface area contributed by atoms with Crippen molar-refractivity contribution in [2.75, 3.05) is 22.6 Å². The Balaban J connectivity index is 1.39. The number of hydrogen-bond donors (Lipinski definition) is 1. The van der Waals surface area contributed by atoms with E-state index in [1.807, 2.05) is 13.8 Å². The Hall–Kier alpha value is -2.32.